The van der Waals surface area contributed by atoms with Gasteiger partial charge in [-0.25, -0.2) is 4.79 Å². The first-order valence-electron chi connectivity index (χ1n) is 10.8. The molecule has 0 radical (unpaired) electrons. The number of phenols is 1. The van der Waals surface area contributed by atoms with E-state index in [1.165, 1.54) is 45.3 Å². The second kappa shape index (κ2) is 7.37. The molecule has 0 spiro atoms. The van der Waals surface area contributed by atoms with Crippen molar-refractivity contribution >= 4 is 12.0 Å². The summed E-state index contributed by atoms with van der Waals surface area (Å²) < 4.78 is 4.64. The van der Waals surface area contributed by atoms with E-state index in [2.05, 4.69) is 22.9 Å². The van der Waals surface area contributed by atoms with Gasteiger partial charge in [-0.15, -0.1) is 0 Å². The van der Waals surface area contributed by atoms with Crippen molar-refractivity contribution in [2.24, 2.45) is 23.7 Å². The molecule has 0 heterocycles. The van der Waals surface area contributed by atoms with Crippen LogP contribution in [0, 0.1) is 23.7 Å². The molecule has 0 saturated heterocycles. The summed E-state index contributed by atoms with van der Waals surface area (Å²) in [4.78, 5) is 11.3. The van der Waals surface area contributed by atoms with E-state index in [1.807, 2.05) is 24.3 Å². The normalized spacial score (nSPS) is 30.0. The Balaban J connectivity index is 1.41. The fourth-order valence-electron chi connectivity index (χ4n) is 6.45. The van der Waals surface area contributed by atoms with E-state index >= 15 is 0 Å². The van der Waals surface area contributed by atoms with E-state index in [4.69, 9.17) is 0 Å². The summed E-state index contributed by atoms with van der Waals surface area (Å²) in [5, 5.41) is 10.7. The third kappa shape index (κ3) is 3.48. The van der Waals surface area contributed by atoms with Crippen LogP contribution in [0.5, 0.6) is 5.75 Å². The number of methoxy groups -OCH3 is 1. The maximum atomic E-state index is 11.3. The van der Waals surface area contributed by atoms with E-state index < -0.39 is 0 Å². The molecular formula is C26H28O3. The highest BCUT2D eigenvalue weighted by Crippen LogP contribution is 2.60. The second-order valence-corrected chi connectivity index (χ2v) is 9.21. The Labute approximate surface area is 172 Å². The highest BCUT2D eigenvalue weighted by atomic mass is 16.5. The second-order valence-electron chi connectivity index (χ2n) is 9.21. The number of aromatic hydroxyl groups is 1. The third-order valence-corrected chi connectivity index (χ3v) is 7.47. The summed E-state index contributed by atoms with van der Waals surface area (Å²) in [6.07, 6.45) is 10.0. The van der Waals surface area contributed by atoms with Crippen LogP contribution < -0.4 is 0 Å². The molecule has 0 aromatic heterocycles. The van der Waals surface area contributed by atoms with Crippen LogP contribution in [0.2, 0.25) is 0 Å². The molecule has 4 bridgehead atoms. The van der Waals surface area contributed by atoms with Crippen molar-refractivity contribution in [1.82, 2.24) is 0 Å². The van der Waals surface area contributed by atoms with Crippen molar-refractivity contribution < 1.29 is 14.6 Å². The fourth-order valence-corrected chi connectivity index (χ4v) is 6.45. The van der Waals surface area contributed by atoms with E-state index in [1.54, 1.807) is 6.08 Å². The summed E-state index contributed by atoms with van der Waals surface area (Å²) in [6, 6.07) is 14.3. The molecule has 4 aliphatic carbocycles. The van der Waals surface area contributed by atoms with Gasteiger partial charge in [0.2, 0.25) is 0 Å². The maximum Gasteiger partial charge on any atom is 0.330 e. The van der Waals surface area contributed by atoms with Gasteiger partial charge in [-0.1, -0.05) is 30.3 Å². The van der Waals surface area contributed by atoms with Crippen LogP contribution in [0.4, 0.5) is 0 Å². The lowest BCUT2D eigenvalue weighted by Crippen LogP contribution is -2.43. The van der Waals surface area contributed by atoms with Crippen molar-refractivity contribution in [1.29, 1.82) is 0 Å². The number of rotatable bonds is 4. The van der Waals surface area contributed by atoms with Crippen LogP contribution in [-0.2, 0) is 9.53 Å². The summed E-state index contributed by atoms with van der Waals surface area (Å²) >= 11 is 0. The predicted octanol–water partition coefficient (Wildman–Crippen LogP) is 5.79. The van der Waals surface area contributed by atoms with Gasteiger partial charge < -0.3 is 9.84 Å². The van der Waals surface area contributed by atoms with Gasteiger partial charge in [0.15, 0.2) is 0 Å². The molecule has 2 aromatic rings. The number of hydrogen-bond acceptors (Lipinski definition) is 3. The molecule has 29 heavy (non-hydrogen) atoms. The zero-order chi connectivity index (χ0) is 20.0. The van der Waals surface area contributed by atoms with Crippen molar-refractivity contribution in [3.8, 4) is 16.9 Å². The molecule has 0 aliphatic heterocycles. The number of phenolic OH excluding ortho intramolecular Hbond substituents is 1. The van der Waals surface area contributed by atoms with E-state index in [0.29, 0.717) is 11.7 Å². The molecule has 6 rings (SSSR count). The zero-order valence-electron chi connectivity index (χ0n) is 16.9. The third-order valence-electron chi connectivity index (χ3n) is 7.47. The smallest absolute Gasteiger partial charge is 0.330 e. The molecule has 3 heteroatoms. The molecule has 4 fully saturated rings. The topological polar surface area (TPSA) is 46.5 Å². The number of benzene rings is 2. The minimum atomic E-state index is -0.354. The number of ether oxygens (including phenoxy) is 1. The van der Waals surface area contributed by atoms with Gasteiger partial charge in [0.05, 0.1) is 7.11 Å². The van der Waals surface area contributed by atoms with Crippen molar-refractivity contribution in [2.75, 3.05) is 7.11 Å². The van der Waals surface area contributed by atoms with Gasteiger partial charge in [0.1, 0.15) is 5.75 Å². The van der Waals surface area contributed by atoms with E-state index in [0.717, 1.165) is 45.9 Å². The average Bonchev–Trinajstić information content (AvgIpc) is 2.73. The van der Waals surface area contributed by atoms with E-state index in [9.17, 15) is 9.90 Å². The Kier molecular flexibility index (Phi) is 4.69. The van der Waals surface area contributed by atoms with Crippen LogP contribution in [0.1, 0.15) is 49.1 Å². The van der Waals surface area contributed by atoms with Gasteiger partial charge in [0, 0.05) is 6.08 Å². The molecule has 0 amide bonds. The fraction of sp³-hybridized carbons (Fsp3) is 0.423. The van der Waals surface area contributed by atoms with E-state index in [-0.39, 0.29) is 5.97 Å². The summed E-state index contributed by atoms with van der Waals surface area (Å²) in [7, 11) is 1.38. The van der Waals surface area contributed by atoms with Gasteiger partial charge in [-0.3, -0.25) is 0 Å². The van der Waals surface area contributed by atoms with Crippen LogP contribution in [0.25, 0.3) is 17.2 Å². The Morgan fingerprint density at radius 2 is 1.55 bits per heavy atom. The number of carbonyl (C=O) groups excluding carboxylic acids is 1. The molecular weight excluding hydrogens is 360 g/mol. The first-order chi connectivity index (χ1) is 14.1. The van der Waals surface area contributed by atoms with Crippen molar-refractivity contribution in [3.05, 3.63) is 59.7 Å². The number of hydrogen-bond donors (Lipinski definition) is 1. The largest absolute Gasteiger partial charge is 0.508 e. The first kappa shape index (κ1) is 18.5. The molecule has 1 N–H and O–H groups in total. The molecule has 2 aromatic carbocycles. The lowest BCUT2D eigenvalue weighted by atomic mass is 9.50. The number of carbonyl (C=O) groups is 1. The Bertz CT molecular complexity index is 913. The van der Waals surface area contributed by atoms with Crippen LogP contribution in [0.15, 0.2) is 48.5 Å². The minimum Gasteiger partial charge on any atom is -0.508 e. The molecule has 4 saturated carbocycles. The molecule has 0 atom stereocenters. The van der Waals surface area contributed by atoms with Crippen LogP contribution >= 0.6 is 0 Å². The highest BCUT2D eigenvalue weighted by molar-refractivity contribution is 5.87. The lowest BCUT2D eigenvalue weighted by molar-refractivity contribution is -0.134. The van der Waals surface area contributed by atoms with Crippen LogP contribution in [0.3, 0.4) is 0 Å². The lowest BCUT2D eigenvalue weighted by Gasteiger charge is -2.54. The van der Waals surface area contributed by atoms with Gasteiger partial charge in [-0.2, -0.15) is 0 Å². The summed E-state index contributed by atoms with van der Waals surface area (Å²) in [6.45, 7) is 0. The quantitative estimate of drug-likeness (QED) is 0.533. The summed E-state index contributed by atoms with van der Waals surface area (Å²) in [5.41, 5.74) is 4.39. The molecule has 0 unspecified atom stereocenters. The summed E-state index contributed by atoms with van der Waals surface area (Å²) in [5.74, 6) is 3.99. The Morgan fingerprint density at radius 1 is 0.931 bits per heavy atom. The predicted molar refractivity (Wildman–Crippen MR) is 114 cm³/mol. The number of esters is 1. The van der Waals surface area contributed by atoms with Crippen LogP contribution in [-0.4, -0.2) is 18.2 Å². The van der Waals surface area contributed by atoms with Crippen molar-refractivity contribution in [3.63, 3.8) is 0 Å². The van der Waals surface area contributed by atoms with Gasteiger partial charge in [0.25, 0.3) is 0 Å². The molecule has 150 valence electrons. The molecule has 4 aliphatic rings. The highest BCUT2D eigenvalue weighted by Gasteiger charge is 2.49. The first-order valence-corrected chi connectivity index (χ1v) is 10.8. The molecule has 3 nitrogen and oxygen atoms in total. The maximum absolute atomic E-state index is 11.3. The van der Waals surface area contributed by atoms with Gasteiger partial charge in [-0.05, 0) is 102 Å². The Hall–Kier alpha value is -2.55. The monoisotopic (exact) mass is 388 g/mol. The SMILES string of the molecule is COC(=O)C=Cc1ccc(-c2ccc(O)c(C3C4CC5CC(C4)CC3C5)c2)cc1. The van der Waals surface area contributed by atoms with Crippen molar-refractivity contribution in [2.45, 2.75) is 38.0 Å². The Morgan fingerprint density at radius 3 is 2.17 bits per heavy atom. The average molecular weight is 389 g/mol. The standard InChI is InChI=1S/C26H28O3/c1-29-25(28)9-4-16-2-5-19(6-3-16)20-7-8-24(27)23(15-20)26-21-11-17-10-18(13-21)14-22(26)12-17/h2-9,15,17-18,21-22,26-27H,10-14H2,1H3. The minimum absolute atomic E-state index is 0.354. The zero-order valence-corrected chi connectivity index (χ0v) is 16.9. The van der Waals surface area contributed by atoms with Gasteiger partial charge >= 0.3 is 5.97 Å².